The number of benzene rings is 1. The Morgan fingerprint density at radius 3 is 2.72 bits per heavy atom. The van der Waals surface area contributed by atoms with Gasteiger partial charge in [-0.05, 0) is 38.8 Å². The van der Waals surface area contributed by atoms with Gasteiger partial charge in [-0.25, -0.2) is 4.68 Å². The van der Waals surface area contributed by atoms with E-state index < -0.39 is 28.8 Å². The van der Waals surface area contributed by atoms with Gasteiger partial charge in [0.2, 0.25) is 5.43 Å². The third kappa shape index (κ3) is 4.50. The fourth-order valence-electron chi connectivity index (χ4n) is 3.48. The second kappa shape index (κ2) is 8.36. The van der Waals surface area contributed by atoms with Gasteiger partial charge in [-0.15, -0.1) is 0 Å². The number of aromatic nitrogens is 2. The molecule has 0 spiro atoms. The van der Waals surface area contributed by atoms with Crippen molar-refractivity contribution in [2.75, 3.05) is 19.7 Å². The van der Waals surface area contributed by atoms with E-state index in [-0.39, 0.29) is 17.5 Å². The van der Waals surface area contributed by atoms with Gasteiger partial charge in [-0.3, -0.25) is 9.59 Å². The van der Waals surface area contributed by atoms with E-state index in [1.54, 1.807) is 0 Å². The molecule has 6 nitrogen and oxygen atoms in total. The summed E-state index contributed by atoms with van der Waals surface area (Å²) in [5.41, 5.74) is -1.95. The number of alkyl halides is 3. The molecule has 0 aliphatic carbocycles. The minimum Gasteiger partial charge on any atom is -0.377 e. The summed E-state index contributed by atoms with van der Waals surface area (Å²) in [6, 6.07) is 6.05. The first-order valence-electron chi connectivity index (χ1n) is 9.40. The van der Waals surface area contributed by atoms with Crippen molar-refractivity contribution in [3.63, 3.8) is 0 Å². The molecule has 0 bridgehead atoms. The van der Waals surface area contributed by atoms with Gasteiger partial charge in [0.1, 0.15) is 0 Å². The Bertz CT molecular complexity index is 954. The van der Waals surface area contributed by atoms with Crippen molar-refractivity contribution in [3.8, 4) is 5.69 Å². The van der Waals surface area contributed by atoms with Gasteiger partial charge in [0.25, 0.3) is 5.91 Å². The predicted molar refractivity (Wildman–Crippen MR) is 100 cm³/mol. The fraction of sp³-hybridized carbons (Fsp3) is 0.450. The molecule has 1 unspecified atom stereocenters. The fourth-order valence-corrected chi connectivity index (χ4v) is 3.48. The molecular formula is C20H22F3N3O3. The highest BCUT2D eigenvalue weighted by atomic mass is 19.4. The summed E-state index contributed by atoms with van der Waals surface area (Å²) in [5, 5.41) is 4.03. The first-order valence-corrected chi connectivity index (χ1v) is 9.40. The summed E-state index contributed by atoms with van der Waals surface area (Å²) in [6.45, 7) is 4.61. The van der Waals surface area contributed by atoms with Crippen LogP contribution in [-0.2, 0) is 10.9 Å². The summed E-state index contributed by atoms with van der Waals surface area (Å²) in [7, 11) is 0. The summed E-state index contributed by atoms with van der Waals surface area (Å²) in [6.07, 6.45) is -3.21. The highest BCUT2D eigenvalue weighted by molar-refractivity contribution is 5.92. The number of ether oxygens (including phenoxy) is 1. The molecular weight excluding hydrogens is 387 g/mol. The van der Waals surface area contributed by atoms with Crippen molar-refractivity contribution >= 4 is 5.91 Å². The maximum atomic E-state index is 13.4. The van der Waals surface area contributed by atoms with Gasteiger partial charge < -0.3 is 9.64 Å². The highest BCUT2D eigenvalue weighted by Crippen LogP contribution is 2.33. The lowest BCUT2D eigenvalue weighted by Crippen LogP contribution is -2.45. The largest absolute Gasteiger partial charge is 0.418 e. The zero-order valence-electron chi connectivity index (χ0n) is 16.2. The van der Waals surface area contributed by atoms with E-state index in [4.69, 9.17) is 4.74 Å². The van der Waals surface area contributed by atoms with Gasteiger partial charge in [-0.1, -0.05) is 12.1 Å². The van der Waals surface area contributed by atoms with Crippen LogP contribution in [0.1, 0.15) is 41.5 Å². The number of carbonyl (C=O) groups excluding carboxylic acids is 1. The number of nitrogens with zero attached hydrogens (tertiary/aromatic N) is 3. The lowest BCUT2D eigenvalue weighted by atomic mass is 10.1. The molecule has 2 heterocycles. The summed E-state index contributed by atoms with van der Waals surface area (Å²) in [5.74, 6) is -0.599. The minimum atomic E-state index is -4.60. The molecule has 2 aromatic rings. The van der Waals surface area contributed by atoms with Crippen molar-refractivity contribution in [2.45, 2.75) is 39.0 Å². The number of aryl methyl sites for hydroxylation is 1. The molecule has 156 valence electrons. The maximum Gasteiger partial charge on any atom is 0.418 e. The summed E-state index contributed by atoms with van der Waals surface area (Å²) >= 11 is 0. The van der Waals surface area contributed by atoms with E-state index in [9.17, 15) is 22.8 Å². The predicted octanol–water partition coefficient (Wildman–Crippen LogP) is 3.20. The van der Waals surface area contributed by atoms with Crippen LogP contribution in [0.4, 0.5) is 13.2 Å². The van der Waals surface area contributed by atoms with Gasteiger partial charge in [0.15, 0.2) is 5.69 Å². The number of para-hydroxylation sites is 1. The number of halogens is 3. The Hall–Kier alpha value is -2.68. The van der Waals surface area contributed by atoms with Crippen molar-refractivity contribution in [1.29, 1.82) is 0 Å². The molecule has 1 aromatic carbocycles. The van der Waals surface area contributed by atoms with Crippen molar-refractivity contribution in [3.05, 3.63) is 57.5 Å². The number of carbonyl (C=O) groups is 1. The Morgan fingerprint density at radius 2 is 2.03 bits per heavy atom. The first-order chi connectivity index (χ1) is 13.7. The van der Waals surface area contributed by atoms with E-state index in [2.05, 4.69) is 5.10 Å². The molecule has 0 saturated carbocycles. The normalized spacial score (nSPS) is 17.4. The Morgan fingerprint density at radius 1 is 1.31 bits per heavy atom. The quantitative estimate of drug-likeness (QED) is 0.778. The Balaban J connectivity index is 2.01. The topological polar surface area (TPSA) is 64.4 Å². The maximum absolute atomic E-state index is 13.4. The molecule has 0 radical (unpaired) electrons. The molecule has 1 amide bonds. The average molecular weight is 409 g/mol. The van der Waals surface area contributed by atoms with E-state index in [1.807, 2.05) is 6.92 Å². The first kappa shape index (κ1) is 21.0. The van der Waals surface area contributed by atoms with Crippen molar-refractivity contribution in [2.24, 2.45) is 0 Å². The van der Waals surface area contributed by atoms with Gasteiger partial charge in [-0.2, -0.15) is 18.3 Å². The molecule has 1 saturated heterocycles. The van der Waals surface area contributed by atoms with E-state index in [0.29, 0.717) is 26.1 Å². The molecule has 1 fully saturated rings. The highest BCUT2D eigenvalue weighted by Gasteiger charge is 2.34. The van der Waals surface area contributed by atoms with Crippen LogP contribution in [0, 0.1) is 6.92 Å². The van der Waals surface area contributed by atoms with Crippen LogP contribution in [-0.4, -0.2) is 46.4 Å². The average Bonchev–Trinajstić information content (AvgIpc) is 2.67. The second-order valence-electron chi connectivity index (χ2n) is 6.90. The molecule has 1 aromatic heterocycles. The number of piperidine rings is 1. The number of hydrogen-bond donors (Lipinski definition) is 0. The van der Waals surface area contributed by atoms with Crippen LogP contribution in [0.25, 0.3) is 5.69 Å². The number of rotatable bonds is 4. The molecule has 0 N–H and O–H groups in total. The molecule has 3 rings (SSSR count). The molecule has 9 heteroatoms. The summed E-state index contributed by atoms with van der Waals surface area (Å²) < 4.78 is 46.8. The standard InChI is InChI=1S/C20H22F3N3O3/c1-3-29-14-7-6-10-25(12-14)19(28)18-17(27)11-13(2)26(24-18)16-9-5-4-8-15(16)20(21,22)23/h4-5,8-9,11,14H,3,6-7,10,12H2,1-2H3. The van der Waals surface area contributed by atoms with Crippen LogP contribution in [0.15, 0.2) is 35.1 Å². The van der Waals surface area contributed by atoms with Crippen LogP contribution in [0.2, 0.25) is 0 Å². The number of hydrogen-bond acceptors (Lipinski definition) is 4. The molecule has 1 atom stereocenters. The van der Waals surface area contributed by atoms with Gasteiger partial charge in [0.05, 0.1) is 17.4 Å². The third-order valence-corrected chi connectivity index (χ3v) is 4.82. The lowest BCUT2D eigenvalue weighted by molar-refractivity contribution is -0.137. The Kier molecular flexibility index (Phi) is 6.07. The van der Waals surface area contributed by atoms with Crippen LogP contribution in [0.3, 0.4) is 0 Å². The van der Waals surface area contributed by atoms with Crippen LogP contribution in [0.5, 0.6) is 0 Å². The van der Waals surface area contributed by atoms with Crippen molar-refractivity contribution < 1.29 is 22.7 Å². The molecule has 1 aliphatic rings. The second-order valence-corrected chi connectivity index (χ2v) is 6.90. The lowest BCUT2D eigenvalue weighted by Gasteiger charge is -2.32. The van der Waals surface area contributed by atoms with Crippen LogP contribution >= 0.6 is 0 Å². The molecule has 29 heavy (non-hydrogen) atoms. The smallest absolute Gasteiger partial charge is 0.377 e. The zero-order valence-corrected chi connectivity index (χ0v) is 16.2. The van der Waals surface area contributed by atoms with Crippen molar-refractivity contribution in [1.82, 2.24) is 14.7 Å². The van der Waals surface area contributed by atoms with E-state index in [1.165, 1.54) is 30.0 Å². The van der Waals surface area contributed by atoms with E-state index in [0.717, 1.165) is 23.2 Å². The number of amides is 1. The number of likely N-dealkylation sites (tertiary alicyclic amines) is 1. The van der Waals surface area contributed by atoms with Gasteiger partial charge >= 0.3 is 6.18 Å². The van der Waals surface area contributed by atoms with E-state index >= 15 is 0 Å². The summed E-state index contributed by atoms with van der Waals surface area (Å²) in [4.78, 5) is 26.8. The molecule has 1 aliphatic heterocycles. The minimum absolute atomic E-state index is 0.128. The Labute approximate surface area is 165 Å². The van der Waals surface area contributed by atoms with Gasteiger partial charge in [0, 0.05) is 31.5 Å². The monoisotopic (exact) mass is 409 g/mol. The SMILES string of the molecule is CCOC1CCCN(C(=O)c2nn(-c3ccccc3C(F)(F)F)c(C)cc2=O)C1. The van der Waals surface area contributed by atoms with Crippen LogP contribution < -0.4 is 5.43 Å². The third-order valence-electron chi connectivity index (χ3n) is 4.82. The zero-order chi connectivity index (χ0) is 21.2.